The third kappa shape index (κ3) is 3.80. The first-order valence-corrected chi connectivity index (χ1v) is 12.0. The zero-order valence-electron chi connectivity index (χ0n) is 17.0. The zero-order chi connectivity index (χ0) is 21.5. The van der Waals surface area contributed by atoms with Crippen molar-refractivity contribution in [2.75, 3.05) is 11.9 Å². The number of H-pyrrole nitrogens is 1. The highest BCUT2D eigenvalue weighted by atomic mass is 32.2. The molecule has 1 aliphatic heterocycles. The maximum absolute atomic E-state index is 13.7. The summed E-state index contributed by atoms with van der Waals surface area (Å²) in [6.07, 6.45) is 6.35. The standard InChI is InChI=1S/C21H26N6O3S/c28-17-10-12-27(31(29,30)18-7-2-1-3-8-18)21(13-17,25-16-5-4-6-16)26-20-23-14-15-9-11-22-19(15)24-20/h1-3,7-9,11,14,16-17,25,28H,4-6,10,12-13H2,(H2,22,23,24,26). The van der Waals surface area contributed by atoms with Gasteiger partial charge in [-0.05, 0) is 37.5 Å². The summed E-state index contributed by atoms with van der Waals surface area (Å²) in [5, 5.41) is 18.2. The summed E-state index contributed by atoms with van der Waals surface area (Å²) in [7, 11) is -3.84. The third-order valence-electron chi connectivity index (χ3n) is 6.12. The number of aliphatic hydroxyl groups excluding tert-OH is 1. The molecule has 31 heavy (non-hydrogen) atoms. The molecule has 2 aliphatic rings. The van der Waals surface area contributed by atoms with E-state index in [1.54, 1.807) is 42.7 Å². The lowest BCUT2D eigenvalue weighted by molar-refractivity contribution is 0.00859. The van der Waals surface area contributed by atoms with Crippen molar-refractivity contribution in [2.24, 2.45) is 0 Å². The molecule has 0 bridgehead atoms. The molecular weight excluding hydrogens is 416 g/mol. The van der Waals surface area contributed by atoms with Gasteiger partial charge in [-0.2, -0.15) is 9.29 Å². The van der Waals surface area contributed by atoms with Crippen molar-refractivity contribution in [1.29, 1.82) is 0 Å². The van der Waals surface area contributed by atoms with Gasteiger partial charge in [-0.25, -0.2) is 13.4 Å². The van der Waals surface area contributed by atoms with E-state index in [1.807, 2.05) is 6.07 Å². The number of aromatic amines is 1. The Balaban J connectivity index is 1.58. The maximum Gasteiger partial charge on any atom is 0.246 e. The fourth-order valence-electron chi connectivity index (χ4n) is 4.30. The Kier molecular flexibility index (Phi) is 5.17. The van der Waals surface area contributed by atoms with Gasteiger partial charge in [0, 0.05) is 36.8 Å². The first kappa shape index (κ1) is 20.4. The summed E-state index contributed by atoms with van der Waals surface area (Å²) in [6.45, 7) is 0.176. The second kappa shape index (κ2) is 7.86. The quantitative estimate of drug-likeness (QED) is 0.431. The van der Waals surface area contributed by atoms with E-state index in [0.717, 1.165) is 24.6 Å². The average molecular weight is 443 g/mol. The van der Waals surface area contributed by atoms with Gasteiger partial charge in [-0.3, -0.25) is 5.32 Å². The van der Waals surface area contributed by atoms with Gasteiger partial charge >= 0.3 is 0 Å². The summed E-state index contributed by atoms with van der Waals surface area (Å²) in [5.41, 5.74) is 0.658. The van der Waals surface area contributed by atoms with Crippen molar-refractivity contribution in [1.82, 2.24) is 24.6 Å². The van der Waals surface area contributed by atoms with Gasteiger partial charge in [-0.1, -0.05) is 24.6 Å². The number of hydrogen-bond donors (Lipinski definition) is 4. The number of nitrogens with one attached hydrogen (secondary N) is 3. The monoisotopic (exact) mass is 442 g/mol. The van der Waals surface area contributed by atoms with Crippen LogP contribution in [0.3, 0.4) is 0 Å². The smallest absolute Gasteiger partial charge is 0.246 e. The van der Waals surface area contributed by atoms with Crippen LogP contribution in [0.2, 0.25) is 0 Å². The van der Waals surface area contributed by atoms with E-state index in [1.165, 1.54) is 4.31 Å². The van der Waals surface area contributed by atoms with Gasteiger partial charge in [0.05, 0.1) is 11.0 Å². The van der Waals surface area contributed by atoms with Crippen LogP contribution >= 0.6 is 0 Å². The predicted molar refractivity (Wildman–Crippen MR) is 117 cm³/mol. The maximum atomic E-state index is 13.7. The van der Waals surface area contributed by atoms with Crippen LogP contribution in [0.15, 0.2) is 53.7 Å². The molecule has 2 atom stereocenters. The van der Waals surface area contributed by atoms with Crippen LogP contribution in [-0.2, 0) is 10.0 Å². The molecule has 164 valence electrons. The molecule has 1 saturated heterocycles. The number of aromatic nitrogens is 3. The van der Waals surface area contributed by atoms with Crippen molar-refractivity contribution in [3.63, 3.8) is 0 Å². The minimum absolute atomic E-state index is 0.153. The van der Waals surface area contributed by atoms with E-state index in [9.17, 15) is 13.5 Å². The second-order valence-electron chi connectivity index (χ2n) is 8.27. The van der Waals surface area contributed by atoms with Crippen LogP contribution in [0.4, 0.5) is 5.95 Å². The van der Waals surface area contributed by atoms with E-state index in [0.29, 0.717) is 18.0 Å². The minimum atomic E-state index is -3.84. The Hall–Kier alpha value is -2.53. The summed E-state index contributed by atoms with van der Waals surface area (Å²) >= 11 is 0. The molecule has 2 unspecified atom stereocenters. The van der Waals surface area contributed by atoms with Crippen molar-refractivity contribution in [3.8, 4) is 0 Å². The lowest BCUT2D eigenvalue weighted by Gasteiger charge is -2.50. The van der Waals surface area contributed by atoms with Crippen LogP contribution in [0.5, 0.6) is 0 Å². The number of hydrogen-bond acceptors (Lipinski definition) is 7. The lowest BCUT2D eigenvalue weighted by Crippen LogP contribution is -2.71. The van der Waals surface area contributed by atoms with Crippen LogP contribution in [0.25, 0.3) is 11.0 Å². The Morgan fingerprint density at radius 2 is 1.97 bits per heavy atom. The van der Waals surface area contributed by atoms with Crippen molar-refractivity contribution >= 4 is 27.0 Å². The van der Waals surface area contributed by atoms with Gasteiger partial charge in [0.25, 0.3) is 0 Å². The number of sulfonamides is 1. The first-order chi connectivity index (χ1) is 15.0. The molecule has 2 fully saturated rings. The molecule has 0 radical (unpaired) electrons. The topological polar surface area (TPSA) is 123 Å². The van der Waals surface area contributed by atoms with Gasteiger partial charge in [-0.15, -0.1) is 0 Å². The molecule has 9 nitrogen and oxygen atoms in total. The highest BCUT2D eigenvalue weighted by Crippen LogP contribution is 2.35. The third-order valence-corrected chi connectivity index (χ3v) is 8.06. The van der Waals surface area contributed by atoms with E-state index in [-0.39, 0.29) is 23.9 Å². The molecule has 3 heterocycles. The molecule has 10 heteroatoms. The number of piperidine rings is 1. The second-order valence-corrected chi connectivity index (χ2v) is 10.1. The lowest BCUT2D eigenvalue weighted by atomic mass is 9.91. The molecule has 0 amide bonds. The highest BCUT2D eigenvalue weighted by Gasteiger charge is 2.50. The molecule has 2 aromatic heterocycles. The summed E-state index contributed by atoms with van der Waals surface area (Å²) in [6, 6.07) is 10.4. The van der Waals surface area contributed by atoms with Gasteiger partial charge in [0.2, 0.25) is 16.0 Å². The Morgan fingerprint density at radius 3 is 2.71 bits per heavy atom. The largest absolute Gasteiger partial charge is 0.393 e. The molecule has 1 saturated carbocycles. The molecule has 4 N–H and O–H groups in total. The van der Waals surface area contributed by atoms with E-state index in [2.05, 4.69) is 25.6 Å². The number of anilines is 1. The van der Waals surface area contributed by atoms with Crippen LogP contribution in [0.1, 0.15) is 32.1 Å². The van der Waals surface area contributed by atoms with Crippen LogP contribution in [-0.4, -0.2) is 57.3 Å². The fraction of sp³-hybridized carbons (Fsp3) is 0.429. The van der Waals surface area contributed by atoms with E-state index < -0.39 is 21.9 Å². The average Bonchev–Trinajstić information content (AvgIpc) is 3.19. The first-order valence-electron chi connectivity index (χ1n) is 10.6. The van der Waals surface area contributed by atoms with Gasteiger partial charge < -0.3 is 15.4 Å². The van der Waals surface area contributed by atoms with E-state index in [4.69, 9.17) is 0 Å². The molecule has 0 spiro atoms. The molecule has 5 rings (SSSR count). The minimum Gasteiger partial charge on any atom is -0.393 e. The van der Waals surface area contributed by atoms with Crippen LogP contribution in [0, 0.1) is 0 Å². The van der Waals surface area contributed by atoms with Crippen molar-refractivity contribution in [3.05, 3.63) is 48.8 Å². The van der Waals surface area contributed by atoms with Gasteiger partial charge in [0.15, 0.2) is 5.79 Å². The summed E-state index contributed by atoms with van der Waals surface area (Å²) in [4.78, 5) is 12.2. The number of nitrogens with zero attached hydrogens (tertiary/aromatic N) is 3. The SMILES string of the molecule is O=S(=O)(c1ccccc1)N1CCC(O)CC1(Nc1ncc2cc[nH]c2n1)NC1CCC1. The van der Waals surface area contributed by atoms with Crippen LogP contribution < -0.4 is 10.6 Å². The highest BCUT2D eigenvalue weighted by molar-refractivity contribution is 7.89. The Morgan fingerprint density at radius 1 is 1.16 bits per heavy atom. The number of rotatable bonds is 6. The van der Waals surface area contributed by atoms with E-state index >= 15 is 0 Å². The Labute approximate surface area is 181 Å². The number of benzene rings is 1. The summed E-state index contributed by atoms with van der Waals surface area (Å²) in [5.74, 6) is -0.943. The van der Waals surface area contributed by atoms with Crippen molar-refractivity contribution < 1.29 is 13.5 Å². The normalized spacial score (nSPS) is 25.4. The van der Waals surface area contributed by atoms with Crippen molar-refractivity contribution in [2.45, 2.75) is 54.9 Å². The fourth-order valence-corrected chi connectivity index (χ4v) is 5.99. The number of aliphatic hydroxyl groups is 1. The zero-order valence-corrected chi connectivity index (χ0v) is 17.8. The molecular formula is C21H26N6O3S. The Bertz CT molecular complexity index is 1160. The molecule has 1 aliphatic carbocycles. The summed E-state index contributed by atoms with van der Waals surface area (Å²) < 4.78 is 28.8. The molecule has 1 aromatic carbocycles. The van der Waals surface area contributed by atoms with Gasteiger partial charge in [0.1, 0.15) is 5.65 Å². The predicted octanol–water partition coefficient (Wildman–Crippen LogP) is 2.01. The number of fused-ring (bicyclic) bond motifs is 1. The molecule has 3 aromatic rings.